The van der Waals surface area contributed by atoms with Gasteiger partial charge in [0.15, 0.2) is 17.1 Å². The van der Waals surface area contributed by atoms with E-state index in [0.29, 0.717) is 5.75 Å². The van der Waals surface area contributed by atoms with Gasteiger partial charge in [0.25, 0.3) is 13.4 Å². The van der Waals surface area contributed by atoms with Crippen molar-refractivity contribution in [2.75, 3.05) is 0 Å². The fourth-order valence-corrected chi connectivity index (χ4v) is 9.26. The van der Waals surface area contributed by atoms with E-state index in [1.807, 2.05) is 12.1 Å². The zero-order valence-corrected chi connectivity index (χ0v) is 29.1. The summed E-state index contributed by atoms with van der Waals surface area (Å²) in [6.45, 7) is -0.292. The van der Waals surface area contributed by atoms with Crippen molar-refractivity contribution in [3.05, 3.63) is 176 Å². The molecule has 250 valence electrons. The first-order valence-corrected chi connectivity index (χ1v) is 18.5. The van der Waals surface area contributed by atoms with E-state index in [4.69, 9.17) is 13.9 Å². The lowest BCUT2D eigenvalue weighted by molar-refractivity contribution is 0.424. The molecule has 0 bridgehead atoms. The third-order valence-electron chi connectivity index (χ3n) is 11.5. The van der Waals surface area contributed by atoms with E-state index in [0.717, 1.165) is 83.2 Å². The van der Waals surface area contributed by atoms with Crippen LogP contribution in [0.2, 0.25) is 0 Å². The maximum Gasteiger partial charge on any atom is 0.256 e. The molecule has 0 unspecified atom stereocenters. The zero-order valence-electron chi connectivity index (χ0n) is 29.1. The van der Waals surface area contributed by atoms with Crippen LogP contribution >= 0.6 is 0 Å². The van der Waals surface area contributed by atoms with E-state index < -0.39 is 0 Å². The molecule has 4 heterocycles. The van der Waals surface area contributed by atoms with Crippen molar-refractivity contribution >= 4 is 89.9 Å². The Morgan fingerprint density at radius 1 is 0.389 bits per heavy atom. The summed E-state index contributed by atoms with van der Waals surface area (Å²) < 4.78 is 24.0. The molecule has 12 rings (SSSR count). The summed E-state index contributed by atoms with van der Waals surface area (Å²) in [7, 11) is 0. The number of para-hydroxylation sites is 5. The van der Waals surface area contributed by atoms with Crippen LogP contribution in [-0.4, -0.2) is 18.0 Å². The average molecular weight is 689 g/mol. The van der Waals surface area contributed by atoms with Gasteiger partial charge < -0.3 is 18.5 Å². The second kappa shape index (κ2) is 11.3. The largest absolute Gasteiger partial charge is 0.455 e. The fraction of sp³-hybridized carbons (Fsp3) is 0. The van der Waals surface area contributed by atoms with Crippen molar-refractivity contribution < 1.29 is 13.9 Å². The van der Waals surface area contributed by atoms with Gasteiger partial charge in [0.2, 0.25) is 0 Å². The maximum atomic E-state index is 7.45. The van der Waals surface area contributed by atoms with E-state index in [-0.39, 0.29) is 13.4 Å². The van der Waals surface area contributed by atoms with Crippen LogP contribution in [0, 0.1) is 0 Å². The Morgan fingerprint density at radius 3 is 1.48 bits per heavy atom. The van der Waals surface area contributed by atoms with Crippen LogP contribution in [0.1, 0.15) is 0 Å². The summed E-state index contributed by atoms with van der Waals surface area (Å²) in [6, 6.07) is 62.1. The monoisotopic (exact) mass is 689 g/mol. The number of fused-ring (bicyclic) bond motifs is 13. The number of hydrogen-bond donors (Lipinski definition) is 0. The van der Waals surface area contributed by atoms with Gasteiger partial charge in [0, 0.05) is 27.0 Å². The van der Waals surface area contributed by atoms with Crippen molar-refractivity contribution in [1.29, 1.82) is 0 Å². The number of nitrogens with zero attached hydrogens (tertiary/aromatic N) is 1. The zero-order chi connectivity index (χ0) is 35.3. The first-order chi connectivity index (χ1) is 26.8. The van der Waals surface area contributed by atoms with Gasteiger partial charge in [-0.3, -0.25) is 0 Å². The van der Waals surface area contributed by atoms with Gasteiger partial charge >= 0.3 is 0 Å². The molecule has 0 radical (unpaired) electrons. The van der Waals surface area contributed by atoms with Gasteiger partial charge in [0.05, 0.1) is 16.7 Å². The molecule has 2 aliphatic heterocycles. The van der Waals surface area contributed by atoms with Crippen molar-refractivity contribution in [2.45, 2.75) is 0 Å². The molecule has 0 saturated heterocycles. The molecule has 4 nitrogen and oxygen atoms in total. The summed E-state index contributed by atoms with van der Waals surface area (Å²) in [5, 5.41) is 4.50. The van der Waals surface area contributed by atoms with Crippen molar-refractivity contribution in [2.24, 2.45) is 0 Å². The molecule has 8 aromatic carbocycles. The van der Waals surface area contributed by atoms with Crippen LogP contribution in [0.25, 0.3) is 49.4 Å². The van der Waals surface area contributed by atoms with E-state index in [2.05, 4.69) is 168 Å². The lowest BCUT2D eigenvalue weighted by atomic mass is 9.33. The highest BCUT2D eigenvalue weighted by Gasteiger charge is 2.44. The normalized spacial score (nSPS) is 13.0. The van der Waals surface area contributed by atoms with Gasteiger partial charge in [-0.2, -0.15) is 0 Å². The predicted octanol–water partition coefficient (Wildman–Crippen LogP) is 7.93. The first kappa shape index (κ1) is 29.6. The lowest BCUT2D eigenvalue weighted by Crippen LogP contribution is -2.58. The minimum atomic E-state index is -0.160. The molecule has 6 heteroatoms. The maximum absolute atomic E-state index is 7.45. The Balaban J connectivity index is 1.27. The standard InChI is InChI=1S/C48H29B2NO3/c1-3-16-30(17-4-1)49-35-23-9-13-28-40(35)52-47-43(49)42-34-22-15-27-39(51-37-25-11-7-20-32(37)33-21-8-12-26-38(33)51)45(34)54-46(42)44-48(47)53-41-29-14-10-24-36(41)50(44)31-18-5-2-6-19-31/h1-29H. The van der Waals surface area contributed by atoms with E-state index in [1.54, 1.807) is 0 Å². The predicted molar refractivity (Wildman–Crippen MR) is 223 cm³/mol. The molecule has 0 amide bonds. The molecule has 0 atom stereocenters. The van der Waals surface area contributed by atoms with Gasteiger partial charge in [-0.25, -0.2) is 0 Å². The molecular formula is C48H29B2NO3. The first-order valence-electron chi connectivity index (χ1n) is 18.5. The number of furan rings is 1. The molecule has 2 aliphatic rings. The Kier molecular flexibility index (Phi) is 6.20. The van der Waals surface area contributed by atoms with Crippen LogP contribution in [0.5, 0.6) is 23.0 Å². The molecular weight excluding hydrogens is 660 g/mol. The van der Waals surface area contributed by atoms with E-state index in [9.17, 15) is 0 Å². The second-order valence-electron chi connectivity index (χ2n) is 14.3. The molecule has 10 aromatic rings. The van der Waals surface area contributed by atoms with Gasteiger partial charge in [-0.15, -0.1) is 0 Å². The SMILES string of the molecule is c1ccc(B2c3ccccc3Oc3c4c(c5c(oc6c(-n7c8ccccc8c8ccccc87)cccc65)c32)B(c2ccccc2)c2ccccc2O4)cc1. The van der Waals surface area contributed by atoms with Gasteiger partial charge in [-0.05, 0) is 46.7 Å². The van der Waals surface area contributed by atoms with Crippen LogP contribution < -0.4 is 42.3 Å². The van der Waals surface area contributed by atoms with Gasteiger partial charge in [0.1, 0.15) is 17.1 Å². The number of ether oxygens (including phenoxy) is 2. The number of rotatable bonds is 3. The van der Waals surface area contributed by atoms with Crippen molar-refractivity contribution in [3.63, 3.8) is 0 Å². The Bertz CT molecular complexity index is 3080. The Morgan fingerprint density at radius 2 is 0.870 bits per heavy atom. The molecule has 0 N–H and O–H groups in total. The topological polar surface area (TPSA) is 36.5 Å². The minimum absolute atomic E-state index is 0.132. The van der Waals surface area contributed by atoms with E-state index in [1.165, 1.54) is 16.2 Å². The summed E-state index contributed by atoms with van der Waals surface area (Å²) >= 11 is 0. The average Bonchev–Trinajstić information content (AvgIpc) is 3.79. The Labute approximate surface area is 312 Å². The third kappa shape index (κ3) is 4.05. The van der Waals surface area contributed by atoms with Crippen LogP contribution in [-0.2, 0) is 0 Å². The highest BCUT2D eigenvalue weighted by atomic mass is 16.5. The molecule has 54 heavy (non-hydrogen) atoms. The molecule has 0 aliphatic carbocycles. The Hall–Kier alpha value is -6.91. The van der Waals surface area contributed by atoms with Crippen molar-refractivity contribution in [1.82, 2.24) is 4.57 Å². The lowest BCUT2D eigenvalue weighted by Gasteiger charge is -2.33. The highest BCUT2D eigenvalue weighted by Crippen LogP contribution is 2.44. The van der Waals surface area contributed by atoms with Crippen molar-refractivity contribution in [3.8, 4) is 28.7 Å². The fourth-order valence-electron chi connectivity index (χ4n) is 9.26. The summed E-state index contributed by atoms with van der Waals surface area (Å²) in [5.41, 5.74) is 11.5. The van der Waals surface area contributed by atoms with Crippen LogP contribution in [0.4, 0.5) is 0 Å². The van der Waals surface area contributed by atoms with E-state index >= 15 is 0 Å². The van der Waals surface area contributed by atoms with Crippen LogP contribution in [0.15, 0.2) is 180 Å². The quantitative estimate of drug-likeness (QED) is 0.177. The highest BCUT2D eigenvalue weighted by molar-refractivity contribution is 7.01. The number of aromatic nitrogens is 1. The summed E-state index contributed by atoms with van der Waals surface area (Å²) in [5.74, 6) is 3.10. The van der Waals surface area contributed by atoms with Crippen LogP contribution in [0.3, 0.4) is 0 Å². The number of benzene rings is 8. The number of hydrogen-bond acceptors (Lipinski definition) is 3. The molecule has 0 saturated carbocycles. The third-order valence-corrected chi connectivity index (χ3v) is 11.5. The summed E-state index contributed by atoms with van der Waals surface area (Å²) in [6.07, 6.45) is 0. The molecule has 0 spiro atoms. The minimum Gasteiger partial charge on any atom is -0.455 e. The summed E-state index contributed by atoms with van der Waals surface area (Å²) in [4.78, 5) is 0. The molecule has 2 aromatic heterocycles. The second-order valence-corrected chi connectivity index (χ2v) is 14.3. The van der Waals surface area contributed by atoms with Gasteiger partial charge in [-0.1, -0.05) is 157 Å². The molecule has 0 fully saturated rings. The smallest absolute Gasteiger partial charge is 0.256 e.